The van der Waals surface area contributed by atoms with Gasteiger partial charge in [0.25, 0.3) is 0 Å². The Morgan fingerprint density at radius 2 is 2.29 bits per heavy atom. The van der Waals surface area contributed by atoms with Crippen LogP contribution in [0.1, 0.15) is 30.2 Å². The van der Waals surface area contributed by atoms with E-state index < -0.39 is 0 Å². The molecule has 1 N–H and O–H groups in total. The van der Waals surface area contributed by atoms with Gasteiger partial charge in [0, 0.05) is 17.3 Å². The van der Waals surface area contributed by atoms with Crippen LogP contribution in [-0.4, -0.2) is 17.5 Å². The number of anilines is 1. The predicted octanol–water partition coefficient (Wildman–Crippen LogP) is 4.61. The highest BCUT2D eigenvalue weighted by atomic mass is 35.5. The van der Waals surface area contributed by atoms with Crippen LogP contribution in [0.3, 0.4) is 0 Å². The molecule has 0 saturated carbocycles. The van der Waals surface area contributed by atoms with Crippen LogP contribution in [0.25, 0.3) is 0 Å². The number of benzene rings is 1. The lowest BCUT2D eigenvalue weighted by Crippen LogP contribution is -2.34. The van der Waals surface area contributed by atoms with Gasteiger partial charge in [-0.05, 0) is 49.6 Å². The fourth-order valence-electron chi connectivity index (χ4n) is 2.70. The maximum atomic E-state index is 12.5. The van der Waals surface area contributed by atoms with Gasteiger partial charge < -0.3 is 14.6 Å². The van der Waals surface area contributed by atoms with Crippen LogP contribution in [0, 0.1) is 6.92 Å². The third kappa shape index (κ3) is 2.90. The second kappa shape index (κ2) is 5.82. The van der Waals surface area contributed by atoms with Crippen LogP contribution in [0.5, 0.6) is 0 Å². The molecule has 0 unspecified atom stereocenters. The number of carbonyl (C=O) groups excluding carboxylic acids is 1. The number of nitrogens with one attached hydrogen (secondary N) is 1. The highest BCUT2D eigenvalue weighted by Gasteiger charge is 2.31. The molecule has 2 heterocycles. The van der Waals surface area contributed by atoms with Crippen LogP contribution < -0.4 is 5.32 Å². The first-order valence-corrected chi connectivity index (χ1v) is 7.40. The molecule has 1 fully saturated rings. The molecule has 0 radical (unpaired) electrons. The van der Waals surface area contributed by atoms with Crippen LogP contribution in [0.4, 0.5) is 10.5 Å². The van der Waals surface area contributed by atoms with E-state index in [9.17, 15) is 4.79 Å². The Morgan fingerprint density at radius 1 is 1.43 bits per heavy atom. The molecular weight excluding hydrogens is 288 g/mol. The molecule has 0 spiro atoms. The number of urea groups is 1. The van der Waals surface area contributed by atoms with Crippen molar-refractivity contribution in [3.63, 3.8) is 0 Å². The summed E-state index contributed by atoms with van der Waals surface area (Å²) in [5, 5.41) is 3.56. The first kappa shape index (κ1) is 14.0. The van der Waals surface area contributed by atoms with Crippen molar-refractivity contribution in [3.05, 3.63) is 52.9 Å². The quantitative estimate of drug-likeness (QED) is 0.880. The molecule has 0 aliphatic carbocycles. The number of carbonyl (C=O) groups is 1. The minimum atomic E-state index is -0.112. The largest absolute Gasteiger partial charge is 0.467 e. The zero-order valence-electron chi connectivity index (χ0n) is 11.8. The Hall–Kier alpha value is -1.94. The summed E-state index contributed by atoms with van der Waals surface area (Å²) < 4.78 is 5.45. The van der Waals surface area contributed by atoms with Gasteiger partial charge in [-0.25, -0.2) is 4.79 Å². The Labute approximate surface area is 128 Å². The molecular formula is C16H17ClN2O2. The van der Waals surface area contributed by atoms with E-state index in [1.165, 1.54) is 0 Å². The number of likely N-dealkylation sites (tertiary alicyclic amines) is 1. The van der Waals surface area contributed by atoms with Crippen molar-refractivity contribution >= 4 is 23.3 Å². The molecule has 3 rings (SSSR count). The first-order chi connectivity index (χ1) is 10.1. The molecule has 4 nitrogen and oxygen atoms in total. The maximum Gasteiger partial charge on any atom is 0.322 e. The summed E-state index contributed by atoms with van der Waals surface area (Å²) in [5.41, 5.74) is 1.74. The molecule has 2 amide bonds. The van der Waals surface area contributed by atoms with Crippen molar-refractivity contribution in [2.75, 3.05) is 11.9 Å². The second-order valence-electron chi connectivity index (χ2n) is 5.26. The zero-order valence-corrected chi connectivity index (χ0v) is 12.6. The molecule has 110 valence electrons. The van der Waals surface area contributed by atoms with Gasteiger partial charge in [-0.3, -0.25) is 0 Å². The molecule has 1 atom stereocenters. The fraction of sp³-hybridized carbons (Fsp3) is 0.312. The van der Waals surface area contributed by atoms with Crippen LogP contribution in [0.15, 0.2) is 41.0 Å². The normalized spacial score (nSPS) is 18.0. The smallest absolute Gasteiger partial charge is 0.322 e. The highest BCUT2D eigenvalue weighted by Crippen LogP contribution is 2.33. The molecule has 1 aliphatic rings. The van der Waals surface area contributed by atoms with Crippen molar-refractivity contribution in [1.82, 2.24) is 4.90 Å². The highest BCUT2D eigenvalue weighted by molar-refractivity contribution is 6.31. The molecule has 1 aliphatic heterocycles. The van der Waals surface area contributed by atoms with E-state index in [1.54, 1.807) is 12.3 Å². The summed E-state index contributed by atoms with van der Waals surface area (Å²) in [6, 6.07) is 9.15. The number of amides is 2. The third-order valence-electron chi connectivity index (χ3n) is 3.83. The summed E-state index contributed by atoms with van der Waals surface area (Å²) in [6.45, 7) is 2.68. The van der Waals surface area contributed by atoms with Gasteiger partial charge in [0.2, 0.25) is 0 Å². The van der Waals surface area contributed by atoms with Crippen molar-refractivity contribution in [3.8, 4) is 0 Å². The Kier molecular flexibility index (Phi) is 3.88. The van der Waals surface area contributed by atoms with Crippen LogP contribution in [-0.2, 0) is 0 Å². The number of hydrogen-bond donors (Lipinski definition) is 1. The summed E-state index contributed by atoms with van der Waals surface area (Å²) in [7, 11) is 0. The third-order valence-corrected chi connectivity index (χ3v) is 4.06. The van der Waals surface area contributed by atoms with Crippen LogP contribution in [0.2, 0.25) is 5.02 Å². The number of rotatable bonds is 2. The standard InChI is InChI=1S/C16H17ClN2O2/c1-11-6-7-12(17)10-13(11)18-16(20)19-8-2-4-14(19)15-5-3-9-21-15/h3,5-7,9-10,14H,2,4,8H2,1H3,(H,18,20)/t14-/m0/s1. The molecule has 5 heteroatoms. The summed E-state index contributed by atoms with van der Waals surface area (Å²) in [5.74, 6) is 0.838. The van der Waals surface area contributed by atoms with Gasteiger partial charge in [0.05, 0.1) is 12.3 Å². The molecule has 1 aromatic carbocycles. The van der Waals surface area contributed by atoms with Crippen molar-refractivity contribution in [1.29, 1.82) is 0 Å². The van der Waals surface area contributed by atoms with E-state index in [0.717, 1.165) is 36.4 Å². The van der Waals surface area contributed by atoms with Gasteiger partial charge in [0.1, 0.15) is 5.76 Å². The molecule has 21 heavy (non-hydrogen) atoms. The van der Waals surface area contributed by atoms with Crippen molar-refractivity contribution in [2.24, 2.45) is 0 Å². The van der Waals surface area contributed by atoms with Crippen molar-refractivity contribution in [2.45, 2.75) is 25.8 Å². The Balaban J connectivity index is 1.77. The van der Waals surface area contributed by atoms with E-state index in [-0.39, 0.29) is 12.1 Å². The summed E-state index contributed by atoms with van der Waals surface area (Å²) >= 11 is 5.99. The summed E-state index contributed by atoms with van der Waals surface area (Å²) in [6.07, 6.45) is 3.55. The number of aryl methyl sites for hydroxylation is 1. The molecule has 2 aromatic rings. The van der Waals surface area contributed by atoms with Gasteiger partial charge >= 0.3 is 6.03 Å². The predicted molar refractivity (Wildman–Crippen MR) is 82.6 cm³/mol. The Morgan fingerprint density at radius 3 is 3.05 bits per heavy atom. The van der Waals surface area contributed by atoms with Gasteiger partial charge in [-0.15, -0.1) is 0 Å². The first-order valence-electron chi connectivity index (χ1n) is 7.02. The lowest BCUT2D eigenvalue weighted by molar-refractivity contribution is 0.200. The fourth-order valence-corrected chi connectivity index (χ4v) is 2.87. The lowest BCUT2D eigenvalue weighted by Gasteiger charge is -2.24. The minimum absolute atomic E-state index is 0.0134. The topological polar surface area (TPSA) is 45.5 Å². The van der Waals surface area contributed by atoms with Crippen LogP contribution >= 0.6 is 11.6 Å². The second-order valence-corrected chi connectivity index (χ2v) is 5.69. The average Bonchev–Trinajstić information content (AvgIpc) is 3.12. The number of halogens is 1. The number of nitrogens with zero attached hydrogens (tertiary/aromatic N) is 1. The van der Waals surface area contributed by atoms with E-state index in [4.69, 9.17) is 16.0 Å². The monoisotopic (exact) mass is 304 g/mol. The van der Waals surface area contributed by atoms with E-state index in [0.29, 0.717) is 5.02 Å². The summed E-state index contributed by atoms with van der Waals surface area (Å²) in [4.78, 5) is 14.3. The SMILES string of the molecule is Cc1ccc(Cl)cc1NC(=O)N1CCC[C@H]1c1ccco1. The van der Waals surface area contributed by atoms with Gasteiger partial charge in [0.15, 0.2) is 0 Å². The zero-order chi connectivity index (χ0) is 14.8. The maximum absolute atomic E-state index is 12.5. The Bertz CT molecular complexity index is 640. The molecule has 1 saturated heterocycles. The van der Waals surface area contributed by atoms with Gasteiger partial charge in [-0.2, -0.15) is 0 Å². The van der Waals surface area contributed by atoms with E-state index >= 15 is 0 Å². The lowest BCUT2D eigenvalue weighted by atomic mass is 10.1. The molecule has 0 bridgehead atoms. The van der Waals surface area contributed by atoms with E-state index in [1.807, 2.05) is 36.1 Å². The molecule has 1 aromatic heterocycles. The number of hydrogen-bond acceptors (Lipinski definition) is 2. The van der Waals surface area contributed by atoms with Crippen molar-refractivity contribution < 1.29 is 9.21 Å². The van der Waals surface area contributed by atoms with E-state index in [2.05, 4.69) is 5.32 Å². The average molecular weight is 305 g/mol. The number of furan rings is 1. The van der Waals surface area contributed by atoms with Gasteiger partial charge in [-0.1, -0.05) is 17.7 Å². The minimum Gasteiger partial charge on any atom is -0.467 e.